The highest BCUT2D eigenvalue weighted by molar-refractivity contribution is 5.37. The Hall–Kier alpha value is -1.09. The highest BCUT2D eigenvalue weighted by Gasteiger charge is 2.01. The summed E-state index contributed by atoms with van der Waals surface area (Å²) in [6.45, 7) is 2.12. The van der Waals surface area contributed by atoms with Gasteiger partial charge in [-0.3, -0.25) is 0 Å². The molecule has 1 aromatic rings. The quantitative estimate of drug-likeness (QED) is 0.711. The topological polar surface area (TPSA) is 37.0 Å². The lowest BCUT2D eigenvalue weighted by Crippen LogP contribution is -2.12. The molecule has 3 heteroatoms. The van der Waals surface area contributed by atoms with Crippen LogP contribution in [-0.4, -0.2) is 19.1 Å². The Morgan fingerprint density at radius 1 is 1.42 bits per heavy atom. The van der Waals surface area contributed by atoms with Crippen LogP contribution in [0.4, 0.5) is 5.82 Å². The molecule has 1 heterocycles. The fourth-order valence-electron chi connectivity index (χ4n) is 1.02. The molecule has 0 spiro atoms. The number of pyridine rings is 1. The maximum absolute atomic E-state index is 4.14. The summed E-state index contributed by atoms with van der Waals surface area (Å²) in [7, 11) is 3.82. The first kappa shape index (κ1) is 9.00. The summed E-state index contributed by atoms with van der Waals surface area (Å²) in [5, 5.41) is 6.18. The zero-order valence-corrected chi connectivity index (χ0v) is 7.76. The standard InChI is InChI=1S/C9H15N3/c1-7(10-2)8-4-5-12-9(6-8)11-3/h4-7,10H,1-3H3,(H,11,12). The van der Waals surface area contributed by atoms with Crippen LogP contribution in [0, 0.1) is 0 Å². The van der Waals surface area contributed by atoms with Crippen LogP contribution in [-0.2, 0) is 0 Å². The lowest BCUT2D eigenvalue weighted by molar-refractivity contribution is 0.651. The predicted molar refractivity (Wildman–Crippen MR) is 51.3 cm³/mol. The molecule has 0 aliphatic carbocycles. The Balaban J connectivity index is 2.86. The van der Waals surface area contributed by atoms with E-state index in [2.05, 4.69) is 22.5 Å². The van der Waals surface area contributed by atoms with Gasteiger partial charge < -0.3 is 10.6 Å². The maximum Gasteiger partial charge on any atom is 0.125 e. The third kappa shape index (κ3) is 1.95. The number of nitrogens with one attached hydrogen (secondary N) is 2. The monoisotopic (exact) mass is 165 g/mol. The van der Waals surface area contributed by atoms with Crippen LogP contribution in [0.5, 0.6) is 0 Å². The van der Waals surface area contributed by atoms with Crippen molar-refractivity contribution in [2.24, 2.45) is 0 Å². The van der Waals surface area contributed by atoms with Gasteiger partial charge in [0.05, 0.1) is 0 Å². The third-order valence-corrected chi connectivity index (χ3v) is 1.97. The smallest absolute Gasteiger partial charge is 0.125 e. The van der Waals surface area contributed by atoms with Crippen LogP contribution in [0.25, 0.3) is 0 Å². The van der Waals surface area contributed by atoms with Gasteiger partial charge in [-0.05, 0) is 31.7 Å². The summed E-state index contributed by atoms with van der Waals surface area (Å²) < 4.78 is 0. The van der Waals surface area contributed by atoms with E-state index in [-0.39, 0.29) is 0 Å². The Morgan fingerprint density at radius 2 is 2.17 bits per heavy atom. The molecule has 2 N–H and O–H groups in total. The molecule has 66 valence electrons. The van der Waals surface area contributed by atoms with E-state index in [0.717, 1.165) is 5.82 Å². The molecule has 1 aromatic heterocycles. The normalized spacial score (nSPS) is 12.6. The fourth-order valence-corrected chi connectivity index (χ4v) is 1.02. The van der Waals surface area contributed by atoms with Crippen molar-refractivity contribution in [1.29, 1.82) is 0 Å². The highest BCUT2D eigenvalue weighted by Crippen LogP contribution is 2.13. The van der Waals surface area contributed by atoms with E-state index < -0.39 is 0 Å². The minimum Gasteiger partial charge on any atom is -0.373 e. The van der Waals surface area contributed by atoms with Crippen LogP contribution in [0.2, 0.25) is 0 Å². The number of hydrogen-bond acceptors (Lipinski definition) is 3. The van der Waals surface area contributed by atoms with Crippen molar-refractivity contribution in [2.75, 3.05) is 19.4 Å². The summed E-state index contributed by atoms with van der Waals surface area (Å²) in [6.07, 6.45) is 1.81. The molecule has 1 atom stereocenters. The van der Waals surface area contributed by atoms with Gasteiger partial charge in [-0.25, -0.2) is 4.98 Å². The van der Waals surface area contributed by atoms with Crippen molar-refractivity contribution in [3.8, 4) is 0 Å². The molecule has 0 bridgehead atoms. The summed E-state index contributed by atoms with van der Waals surface area (Å²) in [4.78, 5) is 4.14. The second-order valence-corrected chi connectivity index (χ2v) is 2.73. The zero-order valence-electron chi connectivity index (χ0n) is 7.76. The fraction of sp³-hybridized carbons (Fsp3) is 0.444. The number of anilines is 1. The van der Waals surface area contributed by atoms with Crippen molar-refractivity contribution in [2.45, 2.75) is 13.0 Å². The number of nitrogens with zero attached hydrogens (tertiary/aromatic N) is 1. The lowest BCUT2D eigenvalue weighted by Gasteiger charge is -2.10. The van der Waals surface area contributed by atoms with Gasteiger partial charge in [0.25, 0.3) is 0 Å². The van der Waals surface area contributed by atoms with E-state index in [0.29, 0.717) is 6.04 Å². The number of aromatic nitrogens is 1. The Kier molecular flexibility index (Phi) is 3.05. The van der Waals surface area contributed by atoms with Gasteiger partial charge in [0.1, 0.15) is 5.82 Å². The van der Waals surface area contributed by atoms with Crippen LogP contribution in [0.3, 0.4) is 0 Å². The van der Waals surface area contributed by atoms with Crippen LogP contribution in [0.15, 0.2) is 18.3 Å². The van der Waals surface area contributed by atoms with Gasteiger partial charge >= 0.3 is 0 Å². The van der Waals surface area contributed by atoms with E-state index in [1.54, 1.807) is 0 Å². The Morgan fingerprint density at radius 3 is 2.75 bits per heavy atom. The average molecular weight is 165 g/mol. The SMILES string of the molecule is CNc1cc(C(C)NC)ccn1. The van der Waals surface area contributed by atoms with E-state index in [1.807, 2.05) is 32.4 Å². The third-order valence-electron chi connectivity index (χ3n) is 1.97. The summed E-state index contributed by atoms with van der Waals surface area (Å²) >= 11 is 0. The van der Waals surface area contributed by atoms with Gasteiger partial charge in [0, 0.05) is 19.3 Å². The number of hydrogen-bond donors (Lipinski definition) is 2. The average Bonchev–Trinajstić information content (AvgIpc) is 2.17. The summed E-state index contributed by atoms with van der Waals surface area (Å²) in [5.41, 5.74) is 1.25. The van der Waals surface area contributed by atoms with Gasteiger partial charge in [-0.2, -0.15) is 0 Å². The zero-order chi connectivity index (χ0) is 8.97. The summed E-state index contributed by atoms with van der Waals surface area (Å²) in [6, 6.07) is 4.43. The lowest BCUT2D eigenvalue weighted by atomic mass is 10.1. The molecular formula is C9H15N3. The molecule has 1 unspecified atom stereocenters. The molecular weight excluding hydrogens is 150 g/mol. The van der Waals surface area contributed by atoms with Crippen molar-refractivity contribution < 1.29 is 0 Å². The molecule has 1 rings (SSSR count). The van der Waals surface area contributed by atoms with Gasteiger partial charge in [-0.15, -0.1) is 0 Å². The first-order chi connectivity index (χ1) is 5.77. The van der Waals surface area contributed by atoms with Gasteiger partial charge in [0.2, 0.25) is 0 Å². The van der Waals surface area contributed by atoms with Crippen LogP contribution >= 0.6 is 0 Å². The molecule has 0 aromatic carbocycles. The van der Waals surface area contributed by atoms with E-state index in [4.69, 9.17) is 0 Å². The first-order valence-corrected chi connectivity index (χ1v) is 4.09. The molecule has 3 nitrogen and oxygen atoms in total. The minimum atomic E-state index is 0.375. The first-order valence-electron chi connectivity index (χ1n) is 4.09. The van der Waals surface area contributed by atoms with Crippen molar-refractivity contribution in [3.05, 3.63) is 23.9 Å². The second-order valence-electron chi connectivity index (χ2n) is 2.73. The largest absolute Gasteiger partial charge is 0.373 e. The predicted octanol–water partition coefficient (Wildman–Crippen LogP) is 1.40. The molecule has 0 saturated carbocycles. The minimum absolute atomic E-state index is 0.375. The summed E-state index contributed by atoms with van der Waals surface area (Å²) in [5.74, 6) is 0.912. The second kappa shape index (κ2) is 4.07. The highest BCUT2D eigenvalue weighted by atomic mass is 14.9. The molecule has 0 saturated heterocycles. The van der Waals surface area contributed by atoms with Crippen LogP contribution < -0.4 is 10.6 Å². The van der Waals surface area contributed by atoms with E-state index in [9.17, 15) is 0 Å². The van der Waals surface area contributed by atoms with E-state index >= 15 is 0 Å². The van der Waals surface area contributed by atoms with Crippen molar-refractivity contribution in [3.63, 3.8) is 0 Å². The van der Waals surface area contributed by atoms with E-state index in [1.165, 1.54) is 5.56 Å². The molecule has 0 aliphatic rings. The molecule has 0 aliphatic heterocycles. The molecule has 12 heavy (non-hydrogen) atoms. The molecule has 0 amide bonds. The van der Waals surface area contributed by atoms with Crippen LogP contribution in [0.1, 0.15) is 18.5 Å². The molecule has 0 fully saturated rings. The maximum atomic E-state index is 4.14. The molecule has 0 radical (unpaired) electrons. The Bertz CT molecular complexity index is 247. The Labute approximate surface area is 73.2 Å². The number of rotatable bonds is 3. The van der Waals surface area contributed by atoms with Crippen molar-refractivity contribution in [1.82, 2.24) is 10.3 Å². The van der Waals surface area contributed by atoms with Gasteiger partial charge in [-0.1, -0.05) is 0 Å². The van der Waals surface area contributed by atoms with Crippen molar-refractivity contribution >= 4 is 5.82 Å². The van der Waals surface area contributed by atoms with Gasteiger partial charge in [0.15, 0.2) is 0 Å².